The molecule has 0 saturated carbocycles. The van der Waals surface area contributed by atoms with Gasteiger partial charge in [-0.25, -0.2) is 4.79 Å². The number of esters is 2. The summed E-state index contributed by atoms with van der Waals surface area (Å²) in [5.74, 6) is 2.52. The van der Waals surface area contributed by atoms with Gasteiger partial charge in [0.15, 0.2) is 34.5 Å². The van der Waals surface area contributed by atoms with Gasteiger partial charge in [0, 0.05) is 47.5 Å². The molecular formula is C42H55N3O11S. The molecule has 0 amide bonds. The fourth-order valence-electron chi connectivity index (χ4n) is 8.70. The molecule has 3 aromatic carbocycles. The highest BCUT2D eigenvalue weighted by Gasteiger charge is 2.42. The molecule has 0 bridgehead atoms. The summed E-state index contributed by atoms with van der Waals surface area (Å²) >= 11 is 1.69. The summed E-state index contributed by atoms with van der Waals surface area (Å²) in [5, 5.41) is 27.3. The third kappa shape index (κ3) is 8.31. The number of aryl methyl sites for hydroxylation is 2. The number of phenolic OH excluding ortho intramolecular Hbond substituents is 1. The van der Waals surface area contributed by atoms with Gasteiger partial charge >= 0.3 is 11.9 Å². The molecule has 57 heavy (non-hydrogen) atoms. The molecule has 0 aromatic heterocycles. The Hall–Kier alpha value is -4.41. The van der Waals surface area contributed by atoms with Crippen LogP contribution in [0.15, 0.2) is 18.2 Å². The number of benzene rings is 3. The van der Waals surface area contributed by atoms with Crippen molar-refractivity contribution in [2.75, 3.05) is 73.0 Å². The van der Waals surface area contributed by atoms with Crippen LogP contribution >= 0.6 is 11.8 Å². The van der Waals surface area contributed by atoms with E-state index in [1.807, 2.05) is 27.8 Å². The third-order valence-corrected chi connectivity index (χ3v) is 11.8. The Kier molecular flexibility index (Phi) is 13.7. The first-order chi connectivity index (χ1) is 27.5. The lowest BCUT2D eigenvalue weighted by Crippen LogP contribution is -2.50. The lowest BCUT2D eigenvalue weighted by Gasteiger charge is -2.44. The molecule has 4 N–H and O–H groups in total. The number of thioether (sulfide) groups is 1. The van der Waals surface area contributed by atoms with Crippen molar-refractivity contribution >= 4 is 23.7 Å². The van der Waals surface area contributed by atoms with E-state index >= 15 is 0 Å². The lowest BCUT2D eigenvalue weighted by molar-refractivity contribution is -0.149. The first-order valence-corrected chi connectivity index (χ1v) is 20.7. The van der Waals surface area contributed by atoms with Crippen LogP contribution in [0, 0.1) is 20.8 Å². The van der Waals surface area contributed by atoms with Crippen molar-refractivity contribution in [2.24, 2.45) is 0 Å². The summed E-state index contributed by atoms with van der Waals surface area (Å²) in [6.45, 7) is 8.02. The van der Waals surface area contributed by atoms with E-state index in [9.17, 15) is 19.8 Å². The molecule has 0 aliphatic carbocycles. The molecule has 0 radical (unpaired) electrons. The number of rotatable bonds is 14. The highest BCUT2D eigenvalue weighted by molar-refractivity contribution is 7.98. The topological polar surface area (TPSA) is 167 Å². The van der Waals surface area contributed by atoms with E-state index in [4.69, 9.17) is 33.2 Å². The van der Waals surface area contributed by atoms with Gasteiger partial charge in [-0.05, 0) is 94.3 Å². The highest BCUT2D eigenvalue weighted by Crippen LogP contribution is 2.52. The molecule has 3 aliphatic rings. The summed E-state index contributed by atoms with van der Waals surface area (Å²) in [6, 6.07) is 3.52. The zero-order chi connectivity index (χ0) is 41.0. The van der Waals surface area contributed by atoms with E-state index in [1.54, 1.807) is 31.0 Å². The van der Waals surface area contributed by atoms with E-state index in [2.05, 4.69) is 27.9 Å². The van der Waals surface area contributed by atoms with E-state index in [1.165, 1.54) is 14.0 Å². The van der Waals surface area contributed by atoms with Crippen LogP contribution in [-0.4, -0.2) is 106 Å². The Bertz CT molecular complexity index is 1970. The normalized spacial score (nSPS) is 19.4. The van der Waals surface area contributed by atoms with Crippen molar-refractivity contribution in [3.05, 3.63) is 62.7 Å². The number of methoxy groups -OCH3 is 2. The smallest absolute Gasteiger partial charge is 0.327 e. The van der Waals surface area contributed by atoms with Crippen molar-refractivity contribution in [3.8, 4) is 40.2 Å². The molecular weight excluding hydrogens is 755 g/mol. The summed E-state index contributed by atoms with van der Waals surface area (Å²) in [7, 11) is 5.01. The van der Waals surface area contributed by atoms with Gasteiger partial charge in [0.2, 0.25) is 6.79 Å². The predicted molar refractivity (Wildman–Crippen MR) is 215 cm³/mol. The van der Waals surface area contributed by atoms with E-state index < -0.39 is 24.0 Å². The number of hydrogen-bond donors (Lipinski definition) is 4. The van der Waals surface area contributed by atoms with Crippen LogP contribution in [0.3, 0.4) is 0 Å². The molecule has 6 rings (SSSR count). The maximum Gasteiger partial charge on any atom is 0.327 e. The predicted octanol–water partition coefficient (Wildman–Crippen LogP) is 4.77. The second-order valence-corrected chi connectivity index (χ2v) is 15.4. The Morgan fingerprint density at radius 2 is 1.81 bits per heavy atom. The number of carbonyl (C=O) groups excluding carboxylic acids is 2. The van der Waals surface area contributed by atoms with E-state index in [0.29, 0.717) is 82.7 Å². The van der Waals surface area contributed by atoms with Crippen LogP contribution in [0.25, 0.3) is 0 Å². The van der Waals surface area contributed by atoms with Crippen LogP contribution in [0.4, 0.5) is 0 Å². The van der Waals surface area contributed by atoms with Crippen molar-refractivity contribution in [3.63, 3.8) is 0 Å². The molecule has 0 saturated heterocycles. The minimum atomic E-state index is -0.807. The quantitative estimate of drug-likeness (QED) is 0.130. The number of carbonyl (C=O) groups is 2. The first-order valence-electron chi connectivity index (χ1n) is 19.3. The Balaban J connectivity index is 1.51. The van der Waals surface area contributed by atoms with Crippen LogP contribution in [0.1, 0.15) is 76.0 Å². The van der Waals surface area contributed by atoms with Gasteiger partial charge < -0.3 is 54.0 Å². The summed E-state index contributed by atoms with van der Waals surface area (Å²) in [6.07, 6.45) is 4.13. The molecule has 310 valence electrons. The first kappa shape index (κ1) is 42.2. The molecule has 3 aliphatic heterocycles. The minimum Gasteiger partial charge on any atom is -0.504 e. The van der Waals surface area contributed by atoms with Gasteiger partial charge in [0.1, 0.15) is 25.0 Å². The molecule has 0 fully saturated rings. The summed E-state index contributed by atoms with van der Waals surface area (Å²) in [4.78, 5) is 29.2. The van der Waals surface area contributed by atoms with E-state index in [-0.39, 0.29) is 50.2 Å². The lowest BCUT2D eigenvalue weighted by atomic mass is 9.85. The standard InChI is InChI=1S/C42H55N3O11S/c1-22-16-27-10-9-13-45(30(20-57-8)36(43-5)34(27)41(37(22)51-7)52-15-14-46)29(33-23(2)38(56-25(4)47)24(3)39-40(33)55-21-54-39)19-53-42(49)35-28-18-32(50-6)31(48)17-26(28)11-12-44-35/h16-18,29-30,35-36,43-44,46,48H,9-15,19-21H2,1-8H3/t29-,30?,35?,36-/m0/s1. The second-order valence-electron chi connectivity index (χ2n) is 14.5. The van der Waals surface area contributed by atoms with Gasteiger partial charge in [0.25, 0.3) is 0 Å². The fraction of sp³-hybridized carbons (Fsp3) is 0.524. The zero-order valence-corrected chi connectivity index (χ0v) is 34.9. The van der Waals surface area contributed by atoms with Crippen LogP contribution in [0.5, 0.6) is 40.2 Å². The number of phenols is 1. The molecule has 4 atom stereocenters. The molecule has 3 aromatic rings. The summed E-state index contributed by atoms with van der Waals surface area (Å²) in [5.41, 5.74) is 6.52. The second kappa shape index (κ2) is 18.5. The fourth-order valence-corrected chi connectivity index (χ4v) is 9.43. The number of likely N-dealkylation sites (N-methyl/N-ethyl adjacent to an activating group) is 1. The molecule has 2 unspecified atom stereocenters. The van der Waals surface area contributed by atoms with Gasteiger partial charge in [0.05, 0.1) is 32.9 Å². The van der Waals surface area contributed by atoms with E-state index in [0.717, 1.165) is 28.7 Å². The monoisotopic (exact) mass is 809 g/mol. The number of nitrogens with one attached hydrogen (secondary N) is 2. The Morgan fingerprint density at radius 3 is 2.49 bits per heavy atom. The van der Waals surface area contributed by atoms with Crippen LogP contribution in [-0.2, 0) is 27.2 Å². The van der Waals surface area contributed by atoms with Gasteiger partial charge in [-0.15, -0.1) is 0 Å². The number of nitrogens with zero attached hydrogens (tertiary/aromatic N) is 1. The van der Waals surface area contributed by atoms with Crippen molar-refractivity contribution in [2.45, 2.75) is 71.1 Å². The molecule has 0 spiro atoms. The number of aromatic hydroxyl groups is 1. The molecule has 15 heteroatoms. The van der Waals surface area contributed by atoms with Gasteiger partial charge in [-0.1, -0.05) is 6.07 Å². The number of fused-ring (bicyclic) bond motifs is 3. The summed E-state index contributed by atoms with van der Waals surface area (Å²) < 4.78 is 42.1. The zero-order valence-electron chi connectivity index (χ0n) is 34.0. The third-order valence-electron chi connectivity index (χ3n) is 11.1. The number of ether oxygens (including phenoxy) is 7. The minimum absolute atomic E-state index is 0.00936. The average molecular weight is 810 g/mol. The molecule has 3 heterocycles. The SMILES string of the molecule is CN[C@@H]1c2c(cc(C)c(OC)c2OCCO)CCCN([C@@H](COC(=O)C2NCCc3cc(O)c(OC)cc32)c2c(C)c(OC(C)=O)c(C)c3c2OCO3)C1CSC. The van der Waals surface area contributed by atoms with Gasteiger partial charge in [-0.2, -0.15) is 11.8 Å². The Morgan fingerprint density at radius 1 is 1.04 bits per heavy atom. The van der Waals surface area contributed by atoms with Crippen molar-refractivity contribution in [1.29, 1.82) is 0 Å². The van der Waals surface area contributed by atoms with Crippen LogP contribution in [0.2, 0.25) is 0 Å². The highest BCUT2D eigenvalue weighted by atomic mass is 32.2. The number of aliphatic hydroxyl groups excluding tert-OH is 1. The average Bonchev–Trinajstić information content (AvgIpc) is 3.68. The Labute approximate surface area is 338 Å². The molecule has 14 nitrogen and oxygen atoms in total. The van der Waals surface area contributed by atoms with Crippen molar-refractivity contribution < 1.29 is 53.0 Å². The number of aliphatic hydroxyl groups is 1. The van der Waals surface area contributed by atoms with Crippen molar-refractivity contribution in [1.82, 2.24) is 15.5 Å². The maximum absolute atomic E-state index is 14.3. The number of hydrogen-bond acceptors (Lipinski definition) is 15. The van der Waals surface area contributed by atoms with Gasteiger partial charge in [-0.3, -0.25) is 9.69 Å². The maximum atomic E-state index is 14.3. The largest absolute Gasteiger partial charge is 0.504 e. The van der Waals surface area contributed by atoms with Crippen LogP contribution < -0.4 is 39.1 Å².